The number of hydrogen-bond donors (Lipinski definition) is 0. The van der Waals surface area contributed by atoms with Crippen molar-refractivity contribution in [1.29, 1.82) is 0 Å². The van der Waals surface area contributed by atoms with Gasteiger partial charge >= 0.3 is 0 Å². The molecule has 0 bridgehead atoms. The predicted molar refractivity (Wildman–Crippen MR) is 128 cm³/mol. The fourth-order valence-electron chi connectivity index (χ4n) is 5.05. The maximum Gasteiger partial charge on any atom is 0.244 e. The molecule has 2 aromatic heterocycles. The highest BCUT2D eigenvalue weighted by Crippen LogP contribution is 2.25. The summed E-state index contributed by atoms with van der Waals surface area (Å²) in [6.07, 6.45) is 8.78. The molecule has 1 saturated heterocycles. The van der Waals surface area contributed by atoms with Gasteiger partial charge in [0.2, 0.25) is 11.8 Å². The van der Waals surface area contributed by atoms with Crippen LogP contribution in [-0.2, 0) is 27.5 Å². The van der Waals surface area contributed by atoms with Gasteiger partial charge in [0.25, 0.3) is 0 Å². The van der Waals surface area contributed by atoms with Gasteiger partial charge in [-0.15, -0.1) is 0 Å². The Morgan fingerprint density at radius 3 is 2.68 bits per heavy atom. The SMILES string of the molecule is O=C(Cn1ncc2ccccc21)N1CC(=O)N(C2CCCCC2)C[C@H](OCc2ccccn2)C1. The molecule has 1 aliphatic carbocycles. The third-order valence-corrected chi connectivity index (χ3v) is 6.87. The lowest BCUT2D eigenvalue weighted by molar-refractivity contribution is -0.140. The van der Waals surface area contributed by atoms with Gasteiger partial charge < -0.3 is 14.5 Å². The molecule has 8 heteroatoms. The number of para-hydroxylation sites is 1. The van der Waals surface area contributed by atoms with Crippen LogP contribution in [0.4, 0.5) is 0 Å². The Labute approximate surface area is 199 Å². The Balaban J connectivity index is 1.33. The zero-order valence-corrected chi connectivity index (χ0v) is 19.4. The van der Waals surface area contributed by atoms with Crippen LogP contribution in [0, 0.1) is 0 Å². The van der Waals surface area contributed by atoms with Gasteiger partial charge in [0, 0.05) is 30.7 Å². The highest BCUT2D eigenvalue weighted by molar-refractivity contribution is 5.86. The summed E-state index contributed by atoms with van der Waals surface area (Å²) in [7, 11) is 0. The lowest BCUT2D eigenvalue weighted by Crippen LogP contribution is -2.46. The Hall–Kier alpha value is -3.26. The van der Waals surface area contributed by atoms with E-state index in [1.54, 1.807) is 22.0 Å². The van der Waals surface area contributed by atoms with Crippen molar-refractivity contribution in [3.8, 4) is 0 Å². The third kappa shape index (κ3) is 5.12. The maximum absolute atomic E-state index is 13.3. The van der Waals surface area contributed by atoms with Gasteiger partial charge in [-0.05, 0) is 31.0 Å². The number of ether oxygens (including phenoxy) is 1. The zero-order valence-electron chi connectivity index (χ0n) is 19.4. The molecule has 1 atom stereocenters. The summed E-state index contributed by atoms with van der Waals surface area (Å²) in [6.45, 7) is 1.41. The average molecular weight is 462 g/mol. The molecule has 5 rings (SSSR count). The van der Waals surface area contributed by atoms with E-state index in [1.165, 1.54) is 6.42 Å². The van der Waals surface area contributed by atoms with Gasteiger partial charge in [-0.1, -0.05) is 43.5 Å². The molecular weight excluding hydrogens is 430 g/mol. The Bertz CT molecular complexity index is 1130. The van der Waals surface area contributed by atoms with Crippen molar-refractivity contribution in [2.75, 3.05) is 19.6 Å². The molecule has 0 unspecified atom stereocenters. The first-order chi connectivity index (χ1) is 16.7. The molecule has 3 aromatic rings. The number of pyridine rings is 1. The smallest absolute Gasteiger partial charge is 0.244 e. The van der Waals surface area contributed by atoms with E-state index >= 15 is 0 Å². The normalized spacial score (nSPS) is 20.0. The number of aromatic nitrogens is 3. The first kappa shape index (κ1) is 22.5. The molecule has 178 valence electrons. The summed E-state index contributed by atoms with van der Waals surface area (Å²) in [5, 5.41) is 5.38. The second-order valence-corrected chi connectivity index (χ2v) is 9.23. The van der Waals surface area contributed by atoms with Gasteiger partial charge in [-0.3, -0.25) is 19.3 Å². The van der Waals surface area contributed by atoms with Crippen molar-refractivity contribution in [3.63, 3.8) is 0 Å². The first-order valence-corrected chi connectivity index (χ1v) is 12.2. The number of hydrogen-bond acceptors (Lipinski definition) is 5. The van der Waals surface area contributed by atoms with Gasteiger partial charge in [0.1, 0.15) is 6.54 Å². The zero-order chi connectivity index (χ0) is 23.3. The highest BCUT2D eigenvalue weighted by atomic mass is 16.5. The van der Waals surface area contributed by atoms with Crippen LogP contribution < -0.4 is 0 Å². The number of fused-ring (bicyclic) bond motifs is 1. The van der Waals surface area contributed by atoms with Crippen molar-refractivity contribution in [3.05, 3.63) is 60.6 Å². The van der Waals surface area contributed by atoms with Crippen molar-refractivity contribution >= 4 is 22.7 Å². The van der Waals surface area contributed by atoms with Crippen molar-refractivity contribution in [2.45, 2.75) is 57.4 Å². The maximum atomic E-state index is 13.3. The number of amides is 2. The van der Waals surface area contributed by atoms with E-state index in [-0.39, 0.29) is 37.0 Å². The molecule has 0 radical (unpaired) electrons. The summed E-state index contributed by atoms with van der Waals surface area (Å²) < 4.78 is 7.94. The molecule has 1 saturated carbocycles. The Morgan fingerprint density at radius 1 is 1.03 bits per heavy atom. The van der Waals surface area contributed by atoms with Crippen molar-refractivity contribution < 1.29 is 14.3 Å². The quantitative estimate of drug-likeness (QED) is 0.564. The molecule has 8 nitrogen and oxygen atoms in total. The van der Waals surface area contributed by atoms with Gasteiger partial charge in [0.15, 0.2) is 0 Å². The van der Waals surface area contributed by atoms with E-state index in [0.717, 1.165) is 42.3 Å². The monoisotopic (exact) mass is 461 g/mol. The molecule has 3 heterocycles. The van der Waals surface area contributed by atoms with Crippen LogP contribution >= 0.6 is 0 Å². The second-order valence-electron chi connectivity index (χ2n) is 9.23. The Morgan fingerprint density at radius 2 is 1.85 bits per heavy atom. The Kier molecular flexibility index (Phi) is 6.85. The van der Waals surface area contributed by atoms with Gasteiger partial charge in [-0.25, -0.2) is 0 Å². The molecular formula is C26H31N5O3. The summed E-state index contributed by atoms with van der Waals surface area (Å²) >= 11 is 0. The van der Waals surface area contributed by atoms with Crippen LogP contribution in [0.2, 0.25) is 0 Å². The van der Waals surface area contributed by atoms with E-state index in [0.29, 0.717) is 19.7 Å². The highest BCUT2D eigenvalue weighted by Gasteiger charge is 2.35. The van der Waals surface area contributed by atoms with E-state index in [1.807, 2.05) is 47.4 Å². The minimum Gasteiger partial charge on any atom is -0.368 e. The lowest BCUT2D eigenvalue weighted by atomic mass is 9.94. The molecule has 0 N–H and O–H groups in total. The van der Waals surface area contributed by atoms with E-state index < -0.39 is 0 Å². The molecule has 2 fully saturated rings. The molecule has 2 aliphatic rings. The number of carbonyl (C=O) groups excluding carboxylic acids is 2. The molecule has 2 amide bonds. The summed E-state index contributed by atoms with van der Waals surface area (Å²) in [4.78, 5) is 34.6. The van der Waals surface area contributed by atoms with Crippen LogP contribution in [0.5, 0.6) is 0 Å². The topological polar surface area (TPSA) is 80.6 Å². The standard InChI is InChI=1S/C26H31N5O3/c32-25(18-31-24-12-5-4-8-20(24)14-28-31)29-15-23(34-19-21-9-6-7-13-27-21)16-30(26(33)17-29)22-10-2-1-3-11-22/h4-9,12-14,22-23H,1-3,10-11,15-19H2/t23-/m1/s1. The number of rotatable bonds is 6. The average Bonchev–Trinajstić information content (AvgIpc) is 3.20. The lowest BCUT2D eigenvalue weighted by Gasteiger charge is -2.34. The van der Waals surface area contributed by atoms with E-state index in [4.69, 9.17) is 4.74 Å². The molecule has 0 spiro atoms. The fraction of sp³-hybridized carbons (Fsp3) is 0.462. The largest absolute Gasteiger partial charge is 0.368 e. The van der Waals surface area contributed by atoms with Crippen LogP contribution in [0.25, 0.3) is 10.9 Å². The first-order valence-electron chi connectivity index (χ1n) is 12.2. The predicted octanol–water partition coefficient (Wildman–Crippen LogP) is 3.02. The van der Waals surface area contributed by atoms with Crippen molar-refractivity contribution in [1.82, 2.24) is 24.6 Å². The van der Waals surface area contributed by atoms with E-state index in [9.17, 15) is 9.59 Å². The van der Waals surface area contributed by atoms with Gasteiger partial charge in [0.05, 0.1) is 36.7 Å². The van der Waals surface area contributed by atoms with E-state index in [2.05, 4.69) is 10.1 Å². The molecule has 1 aliphatic heterocycles. The second kappa shape index (κ2) is 10.3. The number of benzene rings is 1. The minimum absolute atomic E-state index is 0.00881. The third-order valence-electron chi connectivity index (χ3n) is 6.87. The number of nitrogens with zero attached hydrogens (tertiary/aromatic N) is 5. The fourth-order valence-corrected chi connectivity index (χ4v) is 5.05. The molecule has 1 aromatic carbocycles. The summed E-state index contributed by atoms with van der Waals surface area (Å²) in [5.74, 6) is -0.117. The summed E-state index contributed by atoms with van der Waals surface area (Å²) in [6, 6.07) is 13.8. The minimum atomic E-state index is -0.270. The van der Waals surface area contributed by atoms with Crippen molar-refractivity contribution in [2.24, 2.45) is 0 Å². The van der Waals surface area contributed by atoms with Crippen LogP contribution in [0.1, 0.15) is 37.8 Å². The summed E-state index contributed by atoms with van der Waals surface area (Å²) in [5.41, 5.74) is 1.74. The number of carbonyl (C=O) groups is 2. The van der Waals surface area contributed by atoms with Crippen LogP contribution in [0.3, 0.4) is 0 Å². The van der Waals surface area contributed by atoms with Gasteiger partial charge in [-0.2, -0.15) is 5.10 Å². The van der Waals surface area contributed by atoms with Crippen LogP contribution in [-0.4, -0.2) is 68.2 Å². The molecule has 34 heavy (non-hydrogen) atoms. The van der Waals surface area contributed by atoms with Crippen LogP contribution in [0.15, 0.2) is 54.9 Å².